The molecule has 1 aromatic carbocycles. The van der Waals surface area contributed by atoms with Gasteiger partial charge in [0, 0.05) is 18.0 Å². The monoisotopic (exact) mass is 285 g/mol. The van der Waals surface area contributed by atoms with E-state index in [1.807, 2.05) is 37.3 Å². The Hall–Kier alpha value is -2.43. The van der Waals surface area contributed by atoms with Crippen LogP contribution in [-0.4, -0.2) is 17.5 Å². The molecule has 0 saturated heterocycles. The van der Waals surface area contributed by atoms with Crippen molar-refractivity contribution in [3.63, 3.8) is 0 Å². The molecule has 2 atom stereocenters. The van der Waals surface area contributed by atoms with E-state index in [1.54, 1.807) is 13.0 Å². The highest BCUT2D eigenvalue weighted by Gasteiger charge is 2.36. The maximum Gasteiger partial charge on any atom is 0.263 e. The summed E-state index contributed by atoms with van der Waals surface area (Å²) < 4.78 is 0. The lowest BCUT2D eigenvalue weighted by atomic mass is 9.79. The Kier molecular flexibility index (Phi) is 3.93. The zero-order valence-electron chi connectivity index (χ0n) is 12.2. The van der Waals surface area contributed by atoms with Gasteiger partial charge in [0.15, 0.2) is 0 Å². The SMILES string of the molecule is C[C@H](C1=CC(C)(C(N)=O)CC(C(N)=O)=N1)c1ccccc1. The van der Waals surface area contributed by atoms with E-state index >= 15 is 0 Å². The predicted octanol–water partition coefficient (Wildman–Crippen LogP) is 1.50. The molecule has 110 valence electrons. The first-order chi connectivity index (χ1) is 9.83. The van der Waals surface area contributed by atoms with E-state index < -0.39 is 17.2 Å². The van der Waals surface area contributed by atoms with Gasteiger partial charge in [-0.15, -0.1) is 0 Å². The standard InChI is InChI=1S/C16H19N3O2/c1-10(11-6-4-3-5-7-11)12-8-16(2,15(18)21)9-13(19-12)14(17)20/h3-8,10H,9H2,1-2H3,(H2,17,20)(H2,18,21)/t10-,16?/m0/s1. The van der Waals surface area contributed by atoms with Crippen LogP contribution in [0.15, 0.2) is 47.1 Å². The summed E-state index contributed by atoms with van der Waals surface area (Å²) in [5.41, 5.74) is 11.8. The number of amides is 2. The third-order valence-corrected chi connectivity index (χ3v) is 3.86. The number of rotatable bonds is 4. The fourth-order valence-electron chi connectivity index (χ4n) is 2.39. The molecule has 21 heavy (non-hydrogen) atoms. The highest BCUT2D eigenvalue weighted by Crippen LogP contribution is 2.35. The Morgan fingerprint density at radius 1 is 1.24 bits per heavy atom. The van der Waals surface area contributed by atoms with Gasteiger partial charge in [0.25, 0.3) is 5.91 Å². The Morgan fingerprint density at radius 2 is 1.86 bits per heavy atom. The first kappa shape index (κ1) is 15.0. The lowest BCUT2D eigenvalue weighted by Gasteiger charge is -2.29. The van der Waals surface area contributed by atoms with Crippen molar-refractivity contribution >= 4 is 17.5 Å². The number of carbonyl (C=O) groups is 2. The minimum atomic E-state index is -0.940. The van der Waals surface area contributed by atoms with Crippen LogP contribution in [0.4, 0.5) is 0 Å². The van der Waals surface area contributed by atoms with Crippen LogP contribution in [0.5, 0.6) is 0 Å². The van der Waals surface area contributed by atoms with Crippen LogP contribution in [-0.2, 0) is 9.59 Å². The zero-order valence-corrected chi connectivity index (χ0v) is 12.2. The normalized spacial score (nSPS) is 23.0. The summed E-state index contributed by atoms with van der Waals surface area (Å²) in [5.74, 6) is -1.17. The van der Waals surface area contributed by atoms with Crippen LogP contribution < -0.4 is 11.5 Å². The molecular formula is C16H19N3O2. The number of aliphatic imine (C=N–C) groups is 1. The van der Waals surface area contributed by atoms with Crippen molar-refractivity contribution in [2.45, 2.75) is 26.2 Å². The van der Waals surface area contributed by atoms with Gasteiger partial charge < -0.3 is 11.5 Å². The molecule has 0 aromatic heterocycles. The summed E-state index contributed by atoms with van der Waals surface area (Å²) in [7, 11) is 0. The van der Waals surface area contributed by atoms with Gasteiger partial charge in [-0.2, -0.15) is 0 Å². The molecule has 5 heteroatoms. The summed E-state index contributed by atoms with van der Waals surface area (Å²) >= 11 is 0. The first-order valence-corrected chi connectivity index (χ1v) is 6.78. The maximum absolute atomic E-state index is 11.7. The van der Waals surface area contributed by atoms with E-state index in [1.165, 1.54) is 0 Å². The number of allylic oxidation sites excluding steroid dienone is 1. The van der Waals surface area contributed by atoms with Crippen LogP contribution in [0.25, 0.3) is 0 Å². The molecule has 0 radical (unpaired) electrons. The number of nitrogens with two attached hydrogens (primary N) is 2. The molecule has 1 unspecified atom stereocenters. The van der Waals surface area contributed by atoms with Gasteiger partial charge in [-0.3, -0.25) is 14.6 Å². The Morgan fingerprint density at radius 3 is 2.38 bits per heavy atom. The van der Waals surface area contributed by atoms with Gasteiger partial charge in [0.2, 0.25) is 5.91 Å². The molecule has 0 fully saturated rings. The molecule has 2 amide bonds. The summed E-state index contributed by atoms with van der Waals surface area (Å²) in [6, 6.07) is 9.74. The van der Waals surface area contributed by atoms with Crippen LogP contribution in [0, 0.1) is 5.41 Å². The average molecular weight is 285 g/mol. The minimum Gasteiger partial charge on any atom is -0.369 e. The average Bonchev–Trinajstić information content (AvgIpc) is 2.46. The van der Waals surface area contributed by atoms with E-state index in [9.17, 15) is 9.59 Å². The highest BCUT2D eigenvalue weighted by atomic mass is 16.2. The second-order valence-electron chi connectivity index (χ2n) is 5.58. The predicted molar refractivity (Wildman–Crippen MR) is 81.5 cm³/mol. The summed E-state index contributed by atoms with van der Waals surface area (Å²) in [6.45, 7) is 3.67. The number of benzene rings is 1. The minimum absolute atomic E-state index is 0.0560. The van der Waals surface area contributed by atoms with Crippen molar-refractivity contribution in [2.24, 2.45) is 21.9 Å². The van der Waals surface area contributed by atoms with Gasteiger partial charge >= 0.3 is 0 Å². The number of hydrogen-bond donors (Lipinski definition) is 2. The second kappa shape index (κ2) is 5.52. The van der Waals surface area contributed by atoms with Gasteiger partial charge in [0.05, 0.1) is 5.41 Å². The second-order valence-corrected chi connectivity index (χ2v) is 5.58. The number of primary amides is 2. The summed E-state index contributed by atoms with van der Waals surface area (Å²) in [5, 5.41) is 0. The largest absolute Gasteiger partial charge is 0.369 e. The molecule has 0 saturated carbocycles. The number of hydrogen-bond acceptors (Lipinski definition) is 3. The summed E-state index contributed by atoms with van der Waals surface area (Å²) in [4.78, 5) is 27.5. The van der Waals surface area contributed by atoms with E-state index in [0.717, 1.165) is 5.56 Å². The molecule has 4 N–H and O–H groups in total. The first-order valence-electron chi connectivity index (χ1n) is 6.78. The number of carbonyl (C=O) groups excluding carboxylic acids is 2. The van der Waals surface area contributed by atoms with Crippen molar-refractivity contribution < 1.29 is 9.59 Å². The van der Waals surface area contributed by atoms with Gasteiger partial charge in [-0.05, 0) is 18.6 Å². The third kappa shape index (κ3) is 3.02. The molecule has 0 aliphatic carbocycles. The fourth-order valence-corrected chi connectivity index (χ4v) is 2.39. The van der Waals surface area contributed by atoms with Crippen LogP contribution in [0.3, 0.4) is 0 Å². The van der Waals surface area contributed by atoms with Crippen LogP contribution in [0.1, 0.15) is 31.7 Å². The Bertz CT molecular complexity index is 634. The van der Waals surface area contributed by atoms with Crippen molar-refractivity contribution in [3.05, 3.63) is 47.7 Å². The molecule has 1 heterocycles. The molecule has 0 bridgehead atoms. The van der Waals surface area contributed by atoms with Gasteiger partial charge in [-0.1, -0.05) is 37.3 Å². The molecule has 1 aliphatic rings. The lowest BCUT2D eigenvalue weighted by molar-refractivity contribution is -0.124. The third-order valence-electron chi connectivity index (χ3n) is 3.86. The lowest BCUT2D eigenvalue weighted by Crippen LogP contribution is -2.40. The van der Waals surface area contributed by atoms with Crippen molar-refractivity contribution in [1.29, 1.82) is 0 Å². The fraction of sp³-hybridized carbons (Fsp3) is 0.312. The van der Waals surface area contributed by atoms with Crippen LogP contribution in [0.2, 0.25) is 0 Å². The van der Waals surface area contributed by atoms with E-state index in [4.69, 9.17) is 11.5 Å². The molecule has 2 rings (SSSR count). The van der Waals surface area contributed by atoms with Gasteiger partial charge in [0.1, 0.15) is 5.71 Å². The van der Waals surface area contributed by atoms with E-state index in [-0.39, 0.29) is 18.1 Å². The quantitative estimate of drug-likeness (QED) is 0.876. The molecule has 1 aromatic rings. The molecule has 1 aliphatic heterocycles. The Labute approximate surface area is 123 Å². The molecule has 5 nitrogen and oxygen atoms in total. The number of nitrogens with zero attached hydrogens (tertiary/aromatic N) is 1. The highest BCUT2D eigenvalue weighted by molar-refractivity contribution is 6.39. The maximum atomic E-state index is 11.7. The summed E-state index contributed by atoms with van der Waals surface area (Å²) in [6.07, 6.45) is 1.89. The topological polar surface area (TPSA) is 98.5 Å². The molecular weight excluding hydrogens is 266 g/mol. The van der Waals surface area contributed by atoms with E-state index in [2.05, 4.69) is 4.99 Å². The smallest absolute Gasteiger partial charge is 0.263 e. The van der Waals surface area contributed by atoms with Crippen molar-refractivity contribution in [3.8, 4) is 0 Å². The van der Waals surface area contributed by atoms with Crippen molar-refractivity contribution in [2.75, 3.05) is 0 Å². The van der Waals surface area contributed by atoms with Crippen molar-refractivity contribution in [1.82, 2.24) is 0 Å². The van der Waals surface area contributed by atoms with E-state index in [0.29, 0.717) is 5.70 Å². The Balaban J connectivity index is 2.46. The molecule has 0 spiro atoms. The van der Waals surface area contributed by atoms with Gasteiger partial charge in [-0.25, -0.2) is 0 Å². The van der Waals surface area contributed by atoms with Crippen LogP contribution >= 0.6 is 0 Å². The zero-order chi connectivity index (χ0) is 15.6.